The van der Waals surface area contributed by atoms with E-state index in [9.17, 15) is 9.59 Å². The summed E-state index contributed by atoms with van der Waals surface area (Å²) in [5.74, 6) is -1.03. The molecule has 0 aliphatic heterocycles. The number of carboxylic acid groups (broad SMARTS) is 1. The van der Waals surface area contributed by atoms with E-state index in [1.165, 1.54) is 19.3 Å². The fraction of sp³-hybridized carbons (Fsp3) is 0.556. The highest BCUT2D eigenvalue weighted by molar-refractivity contribution is 5.89. The molecule has 1 amide bonds. The zero-order chi connectivity index (χ0) is 16.2. The van der Waals surface area contributed by atoms with Gasteiger partial charge in [-0.15, -0.1) is 0 Å². The van der Waals surface area contributed by atoms with Crippen LogP contribution in [-0.2, 0) is 16.1 Å². The minimum atomic E-state index is -0.880. The molecule has 0 saturated heterocycles. The molecule has 1 aromatic carbocycles. The topological polar surface area (TPSA) is 75.6 Å². The molecule has 0 aromatic heterocycles. The van der Waals surface area contributed by atoms with Gasteiger partial charge in [-0.2, -0.15) is 0 Å². The summed E-state index contributed by atoms with van der Waals surface area (Å²) in [7, 11) is 0. The van der Waals surface area contributed by atoms with Gasteiger partial charge in [-0.05, 0) is 49.8 Å². The number of rotatable bonds is 6. The van der Waals surface area contributed by atoms with Crippen LogP contribution in [0, 0.1) is 11.8 Å². The van der Waals surface area contributed by atoms with E-state index >= 15 is 0 Å². The summed E-state index contributed by atoms with van der Waals surface area (Å²) < 4.78 is 5.97. The Morgan fingerprint density at radius 3 is 2.39 bits per heavy atom. The largest absolute Gasteiger partial charge is 0.490 e. The summed E-state index contributed by atoms with van der Waals surface area (Å²) in [6.07, 6.45) is 6.84. The highest BCUT2D eigenvalue weighted by atomic mass is 16.5. The summed E-state index contributed by atoms with van der Waals surface area (Å²) in [4.78, 5) is 22.6. The molecule has 0 bridgehead atoms. The molecule has 5 heteroatoms. The van der Waals surface area contributed by atoms with Crippen molar-refractivity contribution in [3.05, 3.63) is 29.8 Å². The Kier molecular flexibility index (Phi) is 4.84. The van der Waals surface area contributed by atoms with Gasteiger partial charge in [-0.3, -0.25) is 9.59 Å². The third-order valence-corrected chi connectivity index (χ3v) is 4.69. The Morgan fingerprint density at radius 1 is 1.09 bits per heavy atom. The summed E-state index contributed by atoms with van der Waals surface area (Å²) >= 11 is 0. The lowest BCUT2D eigenvalue weighted by Gasteiger charge is -2.23. The Labute approximate surface area is 136 Å². The molecule has 3 rings (SSSR count). The van der Waals surface area contributed by atoms with E-state index in [1.807, 2.05) is 24.3 Å². The van der Waals surface area contributed by atoms with Gasteiger partial charge in [0.2, 0.25) is 5.91 Å². The molecule has 2 fully saturated rings. The number of hydrogen-bond donors (Lipinski definition) is 2. The summed E-state index contributed by atoms with van der Waals surface area (Å²) in [5, 5.41) is 11.6. The van der Waals surface area contributed by atoms with Crippen LogP contribution in [0.5, 0.6) is 5.75 Å². The second-order valence-corrected chi connectivity index (χ2v) is 6.53. The number of ether oxygens (including phenoxy) is 1. The molecule has 2 atom stereocenters. The van der Waals surface area contributed by atoms with Crippen molar-refractivity contribution in [1.82, 2.24) is 5.32 Å². The summed E-state index contributed by atoms with van der Waals surface area (Å²) in [5.41, 5.74) is 0.988. The van der Waals surface area contributed by atoms with Gasteiger partial charge in [0.15, 0.2) is 0 Å². The van der Waals surface area contributed by atoms with Crippen molar-refractivity contribution >= 4 is 11.9 Å². The van der Waals surface area contributed by atoms with Gasteiger partial charge in [0, 0.05) is 6.54 Å². The molecule has 2 aliphatic rings. The standard InChI is InChI=1S/C18H23NO4/c20-17(15-10-16(15)18(21)22)19-11-12-6-8-14(9-7-12)23-13-4-2-1-3-5-13/h6-9,13,15-16H,1-5,10-11H2,(H,19,20)(H,21,22). The van der Waals surface area contributed by atoms with E-state index in [4.69, 9.17) is 9.84 Å². The van der Waals surface area contributed by atoms with Crippen molar-refractivity contribution in [2.24, 2.45) is 11.8 Å². The van der Waals surface area contributed by atoms with Crippen LogP contribution in [-0.4, -0.2) is 23.1 Å². The van der Waals surface area contributed by atoms with Crippen molar-refractivity contribution in [1.29, 1.82) is 0 Å². The quantitative estimate of drug-likeness (QED) is 0.846. The molecule has 2 aliphatic carbocycles. The minimum absolute atomic E-state index is 0.167. The summed E-state index contributed by atoms with van der Waals surface area (Å²) in [6, 6.07) is 7.76. The second-order valence-electron chi connectivity index (χ2n) is 6.53. The number of hydrogen-bond acceptors (Lipinski definition) is 3. The first-order valence-corrected chi connectivity index (χ1v) is 8.39. The molecule has 0 spiro atoms. The zero-order valence-electron chi connectivity index (χ0n) is 13.2. The smallest absolute Gasteiger partial charge is 0.307 e. The molecule has 124 valence electrons. The van der Waals surface area contributed by atoms with Crippen LogP contribution in [0.3, 0.4) is 0 Å². The van der Waals surface area contributed by atoms with Crippen molar-refractivity contribution in [3.63, 3.8) is 0 Å². The molecule has 2 N–H and O–H groups in total. The van der Waals surface area contributed by atoms with Crippen molar-refractivity contribution in [2.75, 3.05) is 0 Å². The number of benzene rings is 1. The lowest BCUT2D eigenvalue weighted by Crippen LogP contribution is -2.25. The Bertz CT molecular complexity index is 563. The molecule has 23 heavy (non-hydrogen) atoms. The van der Waals surface area contributed by atoms with Crippen LogP contribution in [0.15, 0.2) is 24.3 Å². The molecule has 2 saturated carbocycles. The monoisotopic (exact) mass is 317 g/mol. The van der Waals surface area contributed by atoms with Gasteiger partial charge in [-0.25, -0.2) is 0 Å². The van der Waals surface area contributed by atoms with Gasteiger partial charge in [0.25, 0.3) is 0 Å². The first-order valence-electron chi connectivity index (χ1n) is 8.39. The Hall–Kier alpha value is -2.04. The van der Waals surface area contributed by atoms with Gasteiger partial charge >= 0.3 is 5.97 Å². The Balaban J connectivity index is 1.44. The van der Waals surface area contributed by atoms with Crippen LogP contribution in [0.25, 0.3) is 0 Å². The average molecular weight is 317 g/mol. The lowest BCUT2D eigenvalue weighted by atomic mass is 9.98. The van der Waals surface area contributed by atoms with E-state index in [-0.39, 0.29) is 11.8 Å². The van der Waals surface area contributed by atoms with Crippen molar-refractivity contribution < 1.29 is 19.4 Å². The van der Waals surface area contributed by atoms with Crippen LogP contribution < -0.4 is 10.1 Å². The van der Waals surface area contributed by atoms with E-state index in [2.05, 4.69) is 5.32 Å². The predicted octanol–water partition coefficient (Wildman–Crippen LogP) is 2.74. The van der Waals surface area contributed by atoms with Crippen molar-refractivity contribution in [2.45, 2.75) is 51.2 Å². The molecular formula is C18H23NO4. The number of carbonyl (C=O) groups is 2. The molecule has 0 radical (unpaired) electrons. The molecule has 5 nitrogen and oxygen atoms in total. The first-order chi connectivity index (χ1) is 11.1. The fourth-order valence-corrected chi connectivity index (χ4v) is 3.14. The average Bonchev–Trinajstić information content (AvgIpc) is 3.36. The maximum absolute atomic E-state index is 11.8. The number of aliphatic carboxylic acids is 1. The minimum Gasteiger partial charge on any atom is -0.490 e. The van der Waals surface area contributed by atoms with Gasteiger partial charge < -0.3 is 15.2 Å². The third-order valence-electron chi connectivity index (χ3n) is 4.69. The maximum atomic E-state index is 11.8. The van der Waals surface area contributed by atoms with Crippen LogP contribution in [0.2, 0.25) is 0 Å². The van der Waals surface area contributed by atoms with E-state index in [0.29, 0.717) is 19.1 Å². The number of carboxylic acids is 1. The SMILES string of the molecule is O=C(O)C1CC1C(=O)NCc1ccc(OC2CCCCC2)cc1. The Morgan fingerprint density at radius 2 is 1.78 bits per heavy atom. The van der Waals surface area contributed by atoms with Crippen LogP contribution in [0.1, 0.15) is 44.1 Å². The van der Waals surface area contributed by atoms with E-state index < -0.39 is 11.9 Å². The molecule has 1 aromatic rings. The zero-order valence-corrected chi connectivity index (χ0v) is 13.2. The predicted molar refractivity (Wildman–Crippen MR) is 85.0 cm³/mol. The van der Waals surface area contributed by atoms with Crippen LogP contribution in [0.4, 0.5) is 0 Å². The normalized spacial score (nSPS) is 24.0. The van der Waals surface area contributed by atoms with Crippen LogP contribution >= 0.6 is 0 Å². The first kappa shape index (κ1) is 15.8. The number of carbonyl (C=O) groups excluding carboxylic acids is 1. The lowest BCUT2D eigenvalue weighted by molar-refractivity contribution is -0.140. The van der Waals surface area contributed by atoms with E-state index in [1.54, 1.807) is 0 Å². The number of amides is 1. The fourth-order valence-electron chi connectivity index (χ4n) is 3.14. The molecule has 0 heterocycles. The highest BCUT2D eigenvalue weighted by Gasteiger charge is 2.48. The second kappa shape index (κ2) is 7.02. The molecule has 2 unspecified atom stereocenters. The number of nitrogens with one attached hydrogen (secondary N) is 1. The van der Waals surface area contributed by atoms with E-state index in [0.717, 1.165) is 24.2 Å². The van der Waals surface area contributed by atoms with Gasteiger partial charge in [0.05, 0.1) is 17.9 Å². The summed E-state index contributed by atoms with van der Waals surface area (Å²) in [6.45, 7) is 0.422. The maximum Gasteiger partial charge on any atom is 0.307 e. The third kappa shape index (κ3) is 4.24. The highest BCUT2D eigenvalue weighted by Crippen LogP contribution is 2.38. The van der Waals surface area contributed by atoms with Crippen molar-refractivity contribution in [3.8, 4) is 5.75 Å². The molecular weight excluding hydrogens is 294 g/mol. The van der Waals surface area contributed by atoms with Gasteiger partial charge in [0.1, 0.15) is 5.75 Å². The van der Waals surface area contributed by atoms with Gasteiger partial charge in [-0.1, -0.05) is 18.6 Å².